The molecule has 20 rings (SSSR count). The lowest BCUT2D eigenvalue weighted by Crippen LogP contribution is -2.62. The number of aliphatic carboxylic acids is 1. The molecule has 9 aromatic heterocycles. The Morgan fingerprint density at radius 2 is 0.898 bits per heavy atom. The molecule has 13 heterocycles. The van der Waals surface area contributed by atoms with Crippen LogP contribution in [0.1, 0.15) is 247 Å². The van der Waals surface area contributed by atoms with Gasteiger partial charge in [0.2, 0.25) is 5.65 Å². The summed E-state index contributed by atoms with van der Waals surface area (Å²) in [4.78, 5) is 169. The molecule has 9 aromatic rings. The Morgan fingerprint density at radius 1 is 0.516 bits per heavy atom. The fraction of sp³-hybridized carbons (Fsp3) is 0.410. The number of aromatic amines is 1. The second-order valence-electron chi connectivity index (χ2n) is 33.9. The minimum atomic E-state index is -3.20. The molecule has 0 bridgehead atoms. The lowest BCUT2D eigenvalue weighted by atomic mass is 9.71. The molecule has 0 radical (unpaired) electrons. The van der Waals surface area contributed by atoms with Crippen LogP contribution in [-0.4, -0.2) is 173 Å². The molecule has 45 heteroatoms. The topological polar surface area (TPSA) is 445 Å². The molecule has 0 spiro atoms. The van der Waals surface area contributed by atoms with Crippen LogP contribution in [0.4, 0.5) is 64.1 Å². The largest absolute Gasteiger partial charge is 0.477 e. The lowest BCUT2D eigenvalue weighted by molar-refractivity contribution is -0.148. The minimum absolute atomic E-state index is 0.0113. The highest BCUT2D eigenvalue weighted by molar-refractivity contribution is 6.45. The summed E-state index contributed by atoms with van der Waals surface area (Å²) in [6, 6.07) is 5.31. The monoisotopic (exact) mass is 1780 g/mol. The smallest absolute Gasteiger partial charge is 0.382 e. The lowest BCUT2D eigenvalue weighted by Gasteiger charge is -2.46. The number of nitrogens with one attached hydrogen (secondary N) is 6. The van der Waals surface area contributed by atoms with Gasteiger partial charge in [-0.25, -0.2) is 72.1 Å². The third-order valence-corrected chi connectivity index (χ3v) is 25.4. The summed E-state index contributed by atoms with van der Waals surface area (Å²) in [5.74, 6) is -19.2. The van der Waals surface area contributed by atoms with Crippen LogP contribution < -0.4 is 31.4 Å². The van der Waals surface area contributed by atoms with Crippen molar-refractivity contribution in [3.8, 4) is 24.7 Å². The van der Waals surface area contributed by atoms with Crippen LogP contribution in [0.2, 0.25) is 0 Å². The summed E-state index contributed by atoms with van der Waals surface area (Å²) in [7, 11) is 0. The van der Waals surface area contributed by atoms with Crippen molar-refractivity contribution in [2.75, 3.05) is 10.6 Å². The third-order valence-electron chi connectivity index (χ3n) is 25.4. The molecule has 7 aliphatic carbocycles. The van der Waals surface area contributed by atoms with Gasteiger partial charge in [-0.15, -0.1) is 17.9 Å². The number of terminal acetylenes is 2. The number of fused-ring (bicyclic) bond motifs is 13. The number of aromatic carboxylic acids is 1. The highest BCUT2D eigenvalue weighted by Gasteiger charge is 2.63. The number of alkyl halides is 10. The van der Waals surface area contributed by atoms with Crippen molar-refractivity contribution in [2.24, 2.45) is 23.7 Å². The zero-order chi connectivity index (χ0) is 91.9. The fourth-order valence-electron chi connectivity index (χ4n) is 19.4. The molecule has 4 aliphatic heterocycles. The van der Waals surface area contributed by atoms with Crippen LogP contribution in [0.5, 0.6) is 0 Å². The van der Waals surface area contributed by atoms with Gasteiger partial charge in [0.05, 0.1) is 45.4 Å². The first-order chi connectivity index (χ1) is 60.4. The second-order valence-corrected chi connectivity index (χ2v) is 33.9. The van der Waals surface area contributed by atoms with Crippen molar-refractivity contribution < 1.29 is 125 Å². The molecule has 0 unspecified atom stereocenters. The van der Waals surface area contributed by atoms with E-state index >= 15 is 0 Å². The number of aromatic nitrogens is 13. The van der Waals surface area contributed by atoms with Crippen LogP contribution >= 0.6 is 0 Å². The number of hydrogen-bond acceptors (Lipinski definition) is 20. The molecule has 8 N–H and O–H groups in total. The van der Waals surface area contributed by atoms with Gasteiger partial charge in [-0.05, 0) is 159 Å². The number of Topliss-reactive ketones (excluding diaryl/α,β-unsaturated/α-hetero) is 4. The molecule has 0 saturated heterocycles. The third kappa shape index (κ3) is 14.5. The molecule has 11 aliphatic rings. The highest BCUT2D eigenvalue weighted by Crippen LogP contribution is 2.59. The predicted octanol–water partition coefficient (Wildman–Crippen LogP) is 9.42. The summed E-state index contributed by atoms with van der Waals surface area (Å²) in [6.45, 7) is 5.92. The molecule has 8 atom stereocenters. The SMILES string of the molecule is C#CC1(NC(=O)C(=O)c2c(C)c(C(=O)Nc3ccnc(C(F)F)c3F)n3c2C[C@H]2C[C@H]23)CC(F)(F)C1.C#CC1(NC(=O)C(=O)c2c(C)c(C(=O)On3nnc4cccnc43)n3c2C[C@H]2C[C@H]23)CC(F)(F)C1.Cc1c(C(=O)C(=O)NC2(c3cn[nH]n3)CC(F)(F)C2)c2n(c1C(=O)Nc1ccnc(C(F)F)c1F)[C@@H]1C[C@@H]1C2.Cc1c(C(=O)C(=O)O)c2n(c1C(=O)O)[C@@H]1C[C@@H]1C2. The zero-order valence-electron chi connectivity index (χ0n) is 67.1. The van der Waals surface area contributed by atoms with Crippen molar-refractivity contribution in [1.29, 1.82) is 0 Å². The van der Waals surface area contributed by atoms with Crippen LogP contribution in [-0.2, 0) is 50.4 Å². The van der Waals surface area contributed by atoms with Gasteiger partial charge in [0.15, 0.2) is 11.6 Å². The maximum atomic E-state index is 14.5. The number of amides is 5. The number of ketones is 4. The average Bonchev–Trinajstić information content (AvgIpc) is 1.55. The Labute approximate surface area is 711 Å². The Balaban J connectivity index is 0.000000123. The van der Waals surface area contributed by atoms with E-state index in [1.807, 2.05) is 0 Å². The average molecular weight is 1790 g/mol. The first-order valence-electron chi connectivity index (χ1n) is 39.7. The number of H-pyrrole nitrogens is 1. The Bertz CT molecular complexity index is 6500. The highest BCUT2D eigenvalue weighted by atomic mass is 19.3. The molecule has 7 fully saturated rings. The number of carboxylic acids is 2. The molecule has 7 saturated carbocycles. The van der Waals surface area contributed by atoms with E-state index in [1.54, 1.807) is 37.3 Å². The van der Waals surface area contributed by atoms with E-state index in [2.05, 4.69) is 79.1 Å². The standard InChI is InChI=1S/C24H20F5N7O3.C24H19F5N4O3.C23H18F2N6O4.C12H11NO5/c1-9-15(19(37)22(39)33-23(7-24(28,29)8-23)14-6-31-35-34-14)13-5-10-4-12(10)36(13)18(9)21(38)32-11-2-3-30-17(16(11)25)20(26)27;1-3-23(8-24(28,29)9-23)32-22(36)19(34)15-10(2)18(33-13-6-11(13)7-14(15)33)21(35)31-12-4-5-30-17(16(12)25)20(26)27;1-3-22(9-23(24,25)10-22)27-20(33)18(32)16-11(2)17(30-14-7-12(14)8-15(16)30)21(34)35-31-19-13(28-29-31)5-4-6-26-19;1-4-8(10(14)12(17)18)7-3-5-2-6(5)13(7)9(4)11(15)16/h2-3,6,10,12,20H,4-5,7-8H2,1H3,(H,33,39)(H,30,32,38)(H,31,34,35);1,4-5,11,13,20H,6-9H2,2H3,(H,32,36)(H,30,31,35);1,4-6,12,14H,7-10H2,2H3,(H,27,33);5-6H,2-3H2,1H3,(H,15,16)(H,17,18)/t10-,12-;11-,13-;12-,14-;5-,6-/m1111/s1. The zero-order valence-corrected chi connectivity index (χ0v) is 67.1. The summed E-state index contributed by atoms with van der Waals surface area (Å²) in [6.07, 6.45) is 9.41. The number of carboxylic acid groups (broad SMARTS) is 2. The summed E-state index contributed by atoms with van der Waals surface area (Å²) >= 11 is 0. The van der Waals surface area contributed by atoms with Crippen LogP contribution in [0.15, 0.2) is 49.1 Å². The summed E-state index contributed by atoms with van der Waals surface area (Å²) < 4.78 is 169. The van der Waals surface area contributed by atoms with Gasteiger partial charge in [-0.2, -0.15) is 15.4 Å². The molecular formula is C83H68F12N18O15. The number of carbonyl (C=O) groups excluding carboxylic acids is 10. The summed E-state index contributed by atoms with van der Waals surface area (Å²) in [5.41, 5.74) is -4.36. The molecule has 128 heavy (non-hydrogen) atoms. The van der Waals surface area contributed by atoms with Gasteiger partial charge in [0, 0.05) is 104 Å². The van der Waals surface area contributed by atoms with E-state index in [0.717, 1.165) is 55.1 Å². The van der Waals surface area contributed by atoms with Gasteiger partial charge in [-0.3, -0.25) is 53.1 Å². The van der Waals surface area contributed by atoms with Gasteiger partial charge >= 0.3 is 17.9 Å². The van der Waals surface area contributed by atoms with Gasteiger partial charge < -0.3 is 59.9 Å². The number of nitrogens with zero attached hydrogens (tertiary/aromatic N) is 12. The molecule has 0 aromatic carbocycles. The number of rotatable bonds is 21. The van der Waals surface area contributed by atoms with Crippen molar-refractivity contribution in [1.82, 2.24) is 79.7 Å². The molecule has 33 nitrogen and oxygen atoms in total. The number of halogens is 12. The van der Waals surface area contributed by atoms with Crippen LogP contribution in [0.3, 0.4) is 0 Å². The van der Waals surface area contributed by atoms with E-state index in [4.69, 9.17) is 22.8 Å². The van der Waals surface area contributed by atoms with Crippen molar-refractivity contribution in [2.45, 2.75) is 189 Å². The summed E-state index contributed by atoms with van der Waals surface area (Å²) in [5, 5.41) is 46.9. The van der Waals surface area contributed by atoms with E-state index in [1.165, 1.54) is 33.2 Å². The number of anilines is 2. The van der Waals surface area contributed by atoms with Gasteiger partial charge in [0.25, 0.3) is 83.3 Å². The van der Waals surface area contributed by atoms with E-state index in [-0.39, 0.29) is 121 Å². The number of hydrogen-bond donors (Lipinski definition) is 8. The first-order valence-corrected chi connectivity index (χ1v) is 39.7. The van der Waals surface area contributed by atoms with Crippen LogP contribution in [0.25, 0.3) is 11.2 Å². The maximum absolute atomic E-state index is 14.5. The quantitative estimate of drug-likeness (QED) is 0.0109. The van der Waals surface area contributed by atoms with E-state index in [9.17, 15) is 115 Å². The van der Waals surface area contributed by atoms with E-state index < -0.39 is 191 Å². The van der Waals surface area contributed by atoms with Gasteiger partial charge in [0.1, 0.15) is 56.5 Å². The Kier molecular flexibility index (Phi) is 20.3. The Morgan fingerprint density at radius 3 is 1.27 bits per heavy atom. The maximum Gasteiger partial charge on any atom is 0.382 e. The second kappa shape index (κ2) is 30.3. The number of carbonyl (C=O) groups is 12. The molecule has 664 valence electrons. The molecular weight excluding hydrogens is 1720 g/mol. The van der Waals surface area contributed by atoms with E-state index in [0.29, 0.717) is 59.9 Å². The van der Waals surface area contributed by atoms with Crippen LogP contribution in [0, 0.1) is 87.7 Å². The van der Waals surface area contributed by atoms with Crippen molar-refractivity contribution in [3.63, 3.8) is 0 Å². The molecule has 5 amide bonds. The fourth-order valence-corrected chi connectivity index (χ4v) is 19.4. The normalized spacial score (nSPS) is 22.2. The Hall–Kier alpha value is -14.2. The van der Waals surface area contributed by atoms with Crippen molar-refractivity contribution >= 4 is 93.1 Å². The van der Waals surface area contributed by atoms with Crippen molar-refractivity contribution in [3.05, 3.63) is 168 Å². The first kappa shape index (κ1) is 86.0. The minimum Gasteiger partial charge on any atom is -0.477 e. The number of pyridine rings is 3. The predicted molar refractivity (Wildman–Crippen MR) is 411 cm³/mol. The van der Waals surface area contributed by atoms with Gasteiger partial charge in [-0.1, -0.05) is 11.8 Å².